The third kappa shape index (κ3) is 2.14. The van der Waals surface area contributed by atoms with E-state index in [4.69, 9.17) is 0 Å². The average molecular weight is 230 g/mol. The van der Waals surface area contributed by atoms with Gasteiger partial charge in [-0.25, -0.2) is 4.98 Å². The van der Waals surface area contributed by atoms with Crippen LogP contribution in [0.4, 0.5) is 0 Å². The summed E-state index contributed by atoms with van der Waals surface area (Å²) in [5.41, 5.74) is 0.975. The lowest BCUT2D eigenvalue weighted by Gasteiger charge is -2.27. The van der Waals surface area contributed by atoms with Crippen LogP contribution in [-0.2, 0) is 19.6 Å². The van der Waals surface area contributed by atoms with Crippen LogP contribution in [0.15, 0.2) is 30.7 Å². The van der Waals surface area contributed by atoms with Crippen LogP contribution in [-0.4, -0.2) is 31.1 Å². The summed E-state index contributed by atoms with van der Waals surface area (Å²) >= 11 is 0. The maximum atomic E-state index is 9.18. The monoisotopic (exact) mass is 230 g/mol. The minimum Gasteiger partial charge on any atom is -0.506 e. The van der Waals surface area contributed by atoms with Gasteiger partial charge in [0.1, 0.15) is 11.6 Å². The summed E-state index contributed by atoms with van der Waals surface area (Å²) in [5, 5.41) is 9.18. The summed E-state index contributed by atoms with van der Waals surface area (Å²) in [7, 11) is 0. The number of hydrogen-bond acceptors (Lipinski definition) is 4. The van der Waals surface area contributed by atoms with Crippen LogP contribution in [0.5, 0.6) is 5.75 Å². The highest BCUT2D eigenvalue weighted by molar-refractivity contribution is 5.17. The van der Waals surface area contributed by atoms with Crippen molar-refractivity contribution < 1.29 is 5.11 Å². The number of aromatic nitrogens is 3. The molecule has 2 aromatic rings. The first-order valence-corrected chi connectivity index (χ1v) is 5.67. The van der Waals surface area contributed by atoms with Crippen molar-refractivity contribution in [2.45, 2.75) is 19.6 Å². The number of imidazole rings is 1. The lowest BCUT2D eigenvalue weighted by molar-refractivity contribution is 0.206. The molecule has 0 aromatic carbocycles. The van der Waals surface area contributed by atoms with Gasteiger partial charge in [-0.2, -0.15) is 0 Å². The topological polar surface area (TPSA) is 54.2 Å². The Bertz CT molecular complexity index is 505. The fourth-order valence-electron chi connectivity index (χ4n) is 2.10. The first-order valence-electron chi connectivity index (χ1n) is 5.67. The zero-order chi connectivity index (χ0) is 11.7. The summed E-state index contributed by atoms with van der Waals surface area (Å²) < 4.78 is 2.18. The van der Waals surface area contributed by atoms with E-state index in [-0.39, 0.29) is 5.75 Å². The summed E-state index contributed by atoms with van der Waals surface area (Å²) in [6.45, 7) is 3.64. The second kappa shape index (κ2) is 4.18. The largest absolute Gasteiger partial charge is 0.506 e. The van der Waals surface area contributed by atoms with Gasteiger partial charge < -0.3 is 9.67 Å². The molecule has 0 fully saturated rings. The van der Waals surface area contributed by atoms with E-state index in [0.717, 1.165) is 37.7 Å². The third-order valence-corrected chi connectivity index (χ3v) is 3.02. The maximum Gasteiger partial charge on any atom is 0.133 e. The van der Waals surface area contributed by atoms with Gasteiger partial charge in [-0.1, -0.05) is 0 Å². The zero-order valence-electron chi connectivity index (χ0n) is 9.45. The van der Waals surface area contributed by atoms with Crippen LogP contribution in [0.1, 0.15) is 11.5 Å². The Morgan fingerprint density at radius 3 is 3.00 bits per heavy atom. The predicted octanol–water partition coefficient (Wildman–Crippen LogP) is 1.000. The Labute approximate surface area is 99.4 Å². The van der Waals surface area contributed by atoms with Crippen molar-refractivity contribution >= 4 is 0 Å². The molecule has 1 N–H and O–H groups in total. The molecular formula is C12H14N4O. The molecule has 0 spiro atoms. The number of nitrogens with zero attached hydrogens (tertiary/aromatic N) is 4. The molecule has 5 nitrogen and oxygen atoms in total. The van der Waals surface area contributed by atoms with E-state index in [9.17, 15) is 5.11 Å². The number of rotatable bonds is 2. The Kier molecular flexibility index (Phi) is 2.53. The highest BCUT2D eigenvalue weighted by atomic mass is 16.3. The van der Waals surface area contributed by atoms with Crippen molar-refractivity contribution in [3.8, 4) is 5.75 Å². The molecule has 0 saturated carbocycles. The van der Waals surface area contributed by atoms with E-state index in [1.807, 2.05) is 18.5 Å². The van der Waals surface area contributed by atoms with Gasteiger partial charge in [-0.3, -0.25) is 9.88 Å². The molecule has 0 unspecified atom stereocenters. The second-order valence-electron chi connectivity index (χ2n) is 4.26. The molecular weight excluding hydrogens is 216 g/mol. The van der Waals surface area contributed by atoms with Gasteiger partial charge in [-0.05, 0) is 12.1 Å². The first-order chi connectivity index (χ1) is 8.31. The van der Waals surface area contributed by atoms with Crippen molar-refractivity contribution in [3.63, 3.8) is 0 Å². The lowest BCUT2D eigenvalue weighted by atomic mass is 10.3. The maximum absolute atomic E-state index is 9.18. The Morgan fingerprint density at radius 1 is 1.24 bits per heavy atom. The van der Waals surface area contributed by atoms with E-state index < -0.39 is 0 Å². The summed E-state index contributed by atoms with van der Waals surface area (Å²) in [5.74, 6) is 1.32. The molecule has 0 aliphatic carbocycles. The molecule has 3 rings (SSSR count). The van der Waals surface area contributed by atoms with Crippen molar-refractivity contribution in [1.82, 2.24) is 19.4 Å². The average Bonchev–Trinajstić information content (AvgIpc) is 2.79. The van der Waals surface area contributed by atoms with Crippen LogP contribution >= 0.6 is 0 Å². The predicted molar refractivity (Wildman–Crippen MR) is 62.2 cm³/mol. The number of fused-ring (bicyclic) bond motifs is 1. The van der Waals surface area contributed by atoms with Gasteiger partial charge >= 0.3 is 0 Å². The molecule has 88 valence electrons. The quantitative estimate of drug-likeness (QED) is 0.836. The molecule has 5 heteroatoms. The molecule has 0 amide bonds. The normalized spacial score (nSPS) is 15.8. The first kappa shape index (κ1) is 10.3. The van der Waals surface area contributed by atoms with Crippen LogP contribution in [0.2, 0.25) is 0 Å². The SMILES string of the molecule is Oc1ccc(CN2CCn3ccnc3C2)nc1. The van der Waals surface area contributed by atoms with Crippen molar-refractivity contribution in [2.24, 2.45) is 0 Å². The highest BCUT2D eigenvalue weighted by Gasteiger charge is 2.16. The van der Waals surface area contributed by atoms with Gasteiger partial charge in [0.15, 0.2) is 0 Å². The van der Waals surface area contributed by atoms with Crippen LogP contribution in [0.25, 0.3) is 0 Å². The Balaban J connectivity index is 1.69. The van der Waals surface area contributed by atoms with Gasteiger partial charge in [0.05, 0.1) is 18.4 Å². The molecule has 0 atom stereocenters. The summed E-state index contributed by atoms with van der Waals surface area (Å²) in [4.78, 5) is 10.8. The smallest absolute Gasteiger partial charge is 0.133 e. The molecule has 3 heterocycles. The second-order valence-corrected chi connectivity index (χ2v) is 4.26. The Morgan fingerprint density at radius 2 is 2.18 bits per heavy atom. The van der Waals surface area contributed by atoms with Crippen molar-refractivity contribution in [1.29, 1.82) is 0 Å². The molecule has 0 radical (unpaired) electrons. The van der Waals surface area contributed by atoms with Gasteiger partial charge in [0, 0.05) is 32.0 Å². The lowest BCUT2D eigenvalue weighted by Crippen LogP contribution is -2.33. The molecule has 0 bridgehead atoms. The van der Waals surface area contributed by atoms with Gasteiger partial charge in [0.2, 0.25) is 0 Å². The van der Waals surface area contributed by atoms with Gasteiger partial charge in [-0.15, -0.1) is 0 Å². The number of aromatic hydroxyl groups is 1. The van der Waals surface area contributed by atoms with Crippen molar-refractivity contribution in [2.75, 3.05) is 6.54 Å². The van der Waals surface area contributed by atoms with Gasteiger partial charge in [0.25, 0.3) is 0 Å². The van der Waals surface area contributed by atoms with Crippen LogP contribution in [0.3, 0.4) is 0 Å². The van der Waals surface area contributed by atoms with Crippen LogP contribution < -0.4 is 0 Å². The minimum atomic E-state index is 0.211. The van der Waals surface area contributed by atoms with E-state index in [1.165, 1.54) is 6.20 Å². The molecule has 1 aliphatic heterocycles. The molecule has 2 aromatic heterocycles. The highest BCUT2D eigenvalue weighted by Crippen LogP contribution is 2.14. The summed E-state index contributed by atoms with van der Waals surface area (Å²) in [6, 6.07) is 3.53. The fourth-order valence-corrected chi connectivity index (χ4v) is 2.10. The Hall–Kier alpha value is -1.88. The number of pyridine rings is 1. The van der Waals surface area contributed by atoms with E-state index in [1.54, 1.807) is 6.07 Å². The number of hydrogen-bond donors (Lipinski definition) is 1. The fraction of sp³-hybridized carbons (Fsp3) is 0.333. The molecule has 1 aliphatic rings. The molecule has 17 heavy (non-hydrogen) atoms. The standard InChI is InChI=1S/C12H14N4O/c17-11-2-1-10(14-7-11)8-15-5-6-16-4-3-13-12(16)9-15/h1-4,7,17H,5-6,8-9H2. The van der Waals surface area contributed by atoms with E-state index in [2.05, 4.69) is 19.4 Å². The van der Waals surface area contributed by atoms with E-state index in [0.29, 0.717) is 0 Å². The third-order valence-electron chi connectivity index (χ3n) is 3.02. The minimum absolute atomic E-state index is 0.211. The molecule has 0 saturated heterocycles. The summed E-state index contributed by atoms with van der Waals surface area (Å²) in [6.07, 6.45) is 5.35. The van der Waals surface area contributed by atoms with E-state index >= 15 is 0 Å². The van der Waals surface area contributed by atoms with Crippen molar-refractivity contribution in [3.05, 3.63) is 42.2 Å². The zero-order valence-corrected chi connectivity index (χ0v) is 9.45. The van der Waals surface area contributed by atoms with Crippen LogP contribution in [0, 0.1) is 0 Å².